The number of ether oxygens (including phenoxy) is 3. The molecule has 134 valence electrons. The smallest absolute Gasteiger partial charge is 0.338 e. The minimum atomic E-state index is -0.555. The van der Waals surface area contributed by atoms with Gasteiger partial charge in [0.1, 0.15) is 12.4 Å². The van der Waals surface area contributed by atoms with Gasteiger partial charge in [0.05, 0.1) is 36.0 Å². The van der Waals surface area contributed by atoms with Crippen molar-refractivity contribution in [3.63, 3.8) is 0 Å². The first-order valence-corrected chi connectivity index (χ1v) is 8.19. The van der Waals surface area contributed by atoms with Gasteiger partial charge in [-0.1, -0.05) is 18.2 Å². The van der Waals surface area contributed by atoms with E-state index in [9.17, 15) is 9.59 Å². The molecular formula is C20H19NO5. The number of carbonyl (C=O) groups excluding carboxylic acids is 2. The highest BCUT2D eigenvalue weighted by molar-refractivity contribution is 5.96. The van der Waals surface area contributed by atoms with E-state index in [1.54, 1.807) is 38.1 Å². The van der Waals surface area contributed by atoms with E-state index in [0.29, 0.717) is 16.9 Å². The van der Waals surface area contributed by atoms with E-state index in [2.05, 4.69) is 6.07 Å². The second-order valence-electron chi connectivity index (χ2n) is 5.24. The summed E-state index contributed by atoms with van der Waals surface area (Å²) >= 11 is 0. The van der Waals surface area contributed by atoms with Crippen LogP contribution in [0.5, 0.6) is 5.75 Å². The van der Waals surface area contributed by atoms with Crippen molar-refractivity contribution in [2.45, 2.75) is 20.5 Å². The van der Waals surface area contributed by atoms with Crippen LogP contribution in [0, 0.1) is 11.3 Å². The van der Waals surface area contributed by atoms with Gasteiger partial charge in [0.15, 0.2) is 0 Å². The molecule has 0 bridgehead atoms. The first-order chi connectivity index (χ1) is 12.6. The number of esters is 2. The van der Waals surface area contributed by atoms with Crippen molar-refractivity contribution in [3.8, 4) is 11.8 Å². The van der Waals surface area contributed by atoms with Crippen LogP contribution < -0.4 is 4.74 Å². The summed E-state index contributed by atoms with van der Waals surface area (Å²) in [7, 11) is 0. The van der Waals surface area contributed by atoms with Gasteiger partial charge in [-0.15, -0.1) is 0 Å². The van der Waals surface area contributed by atoms with Crippen LogP contribution in [0.15, 0.2) is 42.5 Å². The summed E-state index contributed by atoms with van der Waals surface area (Å²) in [5, 5.41) is 9.14. The second-order valence-corrected chi connectivity index (χ2v) is 5.24. The Morgan fingerprint density at radius 1 is 0.962 bits per heavy atom. The van der Waals surface area contributed by atoms with Crippen molar-refractivity contribution in [1.82, 2.24) is 0 Å². The van der Waals surface area contributed by atoms with E-state index in [4.69, 9.17) is 19.5 Å². The molecule has 0 saturated carbocycles. The lowest BCUT2D eigenvalue weighted by Gasteiger charge is -2.11. The molecule has 0 saturated heterocycles. The molecule has 0 N–H and O–H groups in total. The largest absolute Gasteiger partial charge is 0.489 e. The average Bonchev–Trinajstić information content (AvgIpc) is 2.66. The molecule has 0 aliphatic carbocycles. The van der Waals surface area contributed by atoms with Gasteiger partial charge in [-0.3, -0.25) is 0 Å². The molecule has 0 unspecified atom stereocenters. The first kappa shape index (κ1) is 19.0. The Morgan fingerprint density at radius 3 is 2.08 bits per heavy atom. The molecule has 0 radical (unpaired) electrons. The Hall–Kier alpha value is -3.33. The lowest BCUT2D eigenvalue weighted by molar-refractivity contribution is 0.0524. The Morgan fingerprint density at radius 2 is 1.54 bits per heavy atom. The van der Waals surface area contributed by atoms with Crippen molar-refractivity contribution < 1.29 is 23.8 Å². The molecule has 0 atom stereocenters. The molecule has 0 aliphatic rings. The highest BCUT2D eigenvalue weighted by atomic mass is 16.5. The van der Waals surface area contributed by atoms with E-state index in [-0.39, 0.29) is 30.9 Å². The van der Waals surface area contributed by atoms with Gasteiger partial charge in [-0.2, -0.15) is 5.26 Å². The maximum absolute atomic E-state index is 12.0. The second kappa shape index (κ2) is 9.23. The molecule has 6 nitrogen and oxygen atoms in total. The average molecular weight is 353 g/mol. The Labute approximate surface area is 151 Å². The third-order valence-corrected chi connectivity index (χ3v) is 3.46. The Balaban J connectivity index is 2.29. The minimum Gasteiger partial charge on any atom is -0.489 e. The maximum Gasteiger partial charge on any atom is 0.338 e. The summed E-state index contributed by atoms with van der Waals surface area (Å²) in [6.45, 7) is 3.95. The van der Waals surface area contributed by atoms with Gasteiger partial charge < -0.3 is 14.2 Å². The molecule has 0 aromatic heterocycles. The van der Waals surface area contributed by atoms with Crippen molar-refractivity contribution >= 4 is 11.9 Å². The van der Waals surface area contributed by atoms with Crippen LogP contribution in [0.25, 0.3) is 0 Å². The maximum atomic E-state index is 12.0. The summed E-state index contributed by atoms with van der Waals surface area (Å²) in [4.78, 5) is 24.1. The van der Waals surface area contributed by atoms with Gasteiger partial charge in [-0.25, -0.2) is 9.59 Å². The van der Waals surface area contributed by atoms with Gasteiger partial charge in [0.25, 0.3) is 0 Å². The SMILES string of the molecule is CCOC(=O)c1cc(OCc2ccccc2C#N)cc(C(=O)OCC)c1. The lowest BCUT2D eigenvalue weighted by atomic mass is 10.1. The van der Waals surface area contributed by atoms with Gasteiger partial charge >= 0.3 is 11.9 Å². The standard InChI is InChI=1S/C20H19NO5/c1-3-24-19(22)16-9-17(20(23)25-4-2)11-18(10-16)26-13-15-8-6-5-7-14(15)12-21/h5-11H,3-4,13H2,1-2H3. The van der Waals surface area contributed by atoms with E-state index < -0.39 is 11.9 Å². The number of benzene rings is 2. The van der Waals surface area contributed by atoms with Crippen molar-refractivity contribution in [1.29, 1.82) is 5.26 Å². The van der Waals surface area contributed by atoms with E-state index in [0.717, 1.165) is 0 Å². The van der Waals surface area contributed by atoms with Gasteiger partial charge in [-0.05, 0) is 38.1 Å². The topological polar surface area (TPSA) is 85.6 Å². The van der Waals surface area contributed by atoms with Crippen molar-refractivity contribution in [2.75, 3.05) is 13.2 Å². The van der Waals surface area contributed by atoms with Crippen LogP contribution in [0.1, 0.15) is 45.7 Å². The van der Waals surface area contributed by atoms with E-state index in [1.165, 1.54) is 18.2 Å². The molecule has 2 rings (SSSR count). The monoisotopic (exact) mass is 353 g/mol. The molecule has 0 heterocycles. The minimum absolute atomic E-state index is 0.123. The quantitative estimate of drug-likeness (QED) is 0.708. The zero-order chi connectivity index (χ0) is 18.9. The van der Waals surface area contributed by atoms with Crippen LogP contribution >= 0.6 is 0 Å². The number of nitriles is 1. The van der Waals surface area contributed by atoms with Crippen molar-refractivity contribution in [3.05, 3.63) is 64.7 Å². The van der Waals surface area contributed by atoms with Crippen molar-refractivity contribution in [2.24, 2.45) is 0 Å². The highest BCUT2D eigenvalue weighted by Gasteiger charge is 2.15. The summed E-state index contributed by atoms with van der Waals surface area (Å²) in [5.74, 6) is -0.798. The lowest BCUT2D eigenvalue weighted by Crippen LogP contribution is -2.10. The molecule has 26 heavy (non-hydrogen) atoms. The van der Waals surface area contributed by atoms with E-state index in [1.807, 2.05) is 0 Å². The zero-order valence-electron chi connectivity index (χ0n) is 14.7. The van der Waals surface area contributed by atoms with Gasteiger partial charge in [0, 0.05) is 5.56 Å². The molecule has 6 heteroatoms. The summed E-state index contributed by atoms with van der Waals surface area (Å²) in [6, 6.07) is 13.5. The molecule has 0 fully saturated rings. The summed E-state index contributed by atoms with van der Waals surface area (Å²) in [6.07, 6.45) is 0. The molecule has 0 amide bonds. The highest BCUT2D eigenvalue weighted by Crippen LogP contribution is 2.21. The van der Waals surface area contributed by atoms with Crippen LogP contribution in [0.2, 0.25) is 0 Å². The number of hydrogen-bond donors (Lipinski definition) is 0. The fraction of sp³-hybridized carbons (Fsp3) is 0.250. The first-order valence-electron chi connectivity index (χ1n) is 8.19. The molecule has 2 aromatic rings. The number of rotatable bonds is 7. The third kappa shape index (κ3) is 4.84. The fourth-order valence-electron chi connectivity index (χ4n) is 2.26. The van der Waals surface area contributed by atoms with Crippen LogP contribution in [0.3, 0.4) is 0 Å². The van der Waals surface area contributed by atoms with Gasteiger partial charge in [0.2, 0.25) is 0 Å². The Kier molecular flexibility index (Phi) is 6.75. The molecule has 2 aromatic carbocycles. The molecule has 0 spiro atoms. The molecular weight excluding hydrogens is 334 g/mol. The fourth-order valence-corrected chi connectivity index (χ4v) is 2.26. The third-order valence-electron chi connectivity index (χ3n) is 3.46. The number of nitrogens with zero attached hydrogens (tertiary/aromatic N) is 1. The normalized spacial score (nSPS) is 9.88. The number of hydrogen-bond acceptors (Lipinski definition) is 6. The zero-order valence-corrected chi connectivity index (χ0v) is 14.7. The summed E-state index contributed by atoms with van der Waals surface area (Å²) in [5.41, 5.74) is 1.59. The Bertz CT molecular complexity index is 802. The van der Waals surface area contributed by atoms with Crippen LogP contribution in [-0.4, -0.2) is 25.2 Å². The number of carbonyl (C=O) groups is 2. The predicted octanol–water partition coefficient (Wildman–Crippen LogP) is 3.49. The van der Waals surface area contributed by atoms with E-state index >= 15 is 0 Å². The predicted molar refractivity (Wildman–Crippen MR) is 93.8 cm³/mol. The van der Waals surface area contributed by atoms with Crippen LogP contribution in [0.4, 0.5) is 0 Å². The van der Waals surface area contributed by atoms with Crippen LogP contribution in [-0.2, 0) is 16.1 Å². The molecule has 0 aliphatic heterocycles. The summed E-state index contributed by atoms with van der Waals surface area (Å²) < 4.78 is 15.7.